The summed E-state index contributed by atoms with van der Waals surface area (Å²) >= 11 is 7.22. The molecule has 4 rings (SSSR count). The Morgan fingerprint density at radius 3 is 2.57 bits per heavy atom. The summed E-state index contributed by atoms with van der Waals surface area (Å²) in [4.78, 5) is 32.4. The molecule has 1 unspecified atom stereocenters. The smallest absolute Gasteiger partial charge is 0.238 e. The summed E-state index contributed by atoms with van der Waals surface area (Å²) in [7, 11) is 3.13. The van der Waals surface area contributed by atoms with Crippen molar-refractivity contribution in [1.82, 2.24) is 4.90 Å². The summed E-state index contributed by atoms with van der Waals surface area (Å²) < 4.78 is 24.1. The molecular weight excluding hydrogens is 517 g/mol. The maximum atomic E-state index is 13.4. The number of benzene rings is 3. The molecule has 3 aromatic carbocycles. The lowest BCUT2D eigenvalue weighted by Gasteiger charge is -2.32. The Bertz CT molecular complexity index is 1320. The Balaban J connectivity index is 1.55. The number of ether oxygens (including phenoxy) is 2. The second-order valence-electron chi connectivity index (χ2n) is 8.17. The molecule has 0 aliphatic carbocycles. The number of nitrogens with one attached hydrogen (secondary N) is 1. The van der Waals surface area contributed by atoms with Crippen molar-refractivity contribution in [3.8, 4) is 11.5 Å². The highest BCUT2D eigenvalue weighted by molar-refractivity contribution is 8.15. The van der Waals surface area contributed by atoms with Crippen molar-refractivity contribution in [2.24, 2.45) is 4.99 Å². The van der Waals surface area contributed by atoms with Gasteiger partial charge in [-0.1, -0.05) is 35.5 Å². The van der Waals surface area contributed by atoms with Gasteiger partial charge >= 0.3 is 0 Å². The van der Waals surface area contributed by atoms with Crippen molar-refractivity contribution >= 4 is 51.7 Å². The third kappa shape index (κ3) is 6.81. The molecule has 1 atom stereocenters. The first-order valence-corrected chi connectivity index (χ1v) is 12.7. The molecule has 192 valence electrons. The van der Waals surface area contributed by atoms with Crippen LogP contribution in [-0.4, -0.2) is 47.9 Å². The highest BCUT2D eigenvalue weighted by Crippen LogP contribution is 2.32. The topological polar surface area (TPSA) is 80.2 Å². The molecule has 10 heteroatoms. The number of hydrogen-bond donors (Lipinski definition) is 1. The van der Waals surface area contributed by atoms with E-state index in [-0.39, 0.29) is 24.1 Å². The van der Waals surface area contributed by atoms with E-state index in [1.807, 2.05) is 18.2 Å². The van der Waals surface area contributed by atoms with E-state index in [2.05, 4.69) is 10.3 Å². The zero-order valence-electron chi connectivity index (χ0n) is 20.2. The van der Waals surface area contributed by atoms with Gasteiger partial charge in [-0.15, -0.1) is 0 Å². The van der Waals surface area contributed by atoms with E-state index < -0.39 is 5.25 Å². The Labute approximate surface area is 223 Å². The number of aliphatic imine (C=N–C) groups is 1. The monoisotopic (exact) mass is 541 g/mol. The fraction of sp³-hybridized carbons (Fsp3) is 0.222. The molecule has 1 fully saturated rings. The molecule has 1 heterocycles. The van der Waals surface area contributed by atoms with Crippen LogP contribution in [0.4, 0.5) is 15.8 Å². The fourth-order valence-corrected chi connectivity index (χ4v) is 5.07. The zero-order valence-corrected chi connectivity index (χ0v) is 21.8. The molecule has 0 bridgehead atoms. The number of halogens is 2. The van der Waals surface area contributed by atoms with Crippen LogP contribution >= 0.6 is 23.4 Å². The number of carbonyl (C=O) groups is 2. The lowest BCUT2D eigenvalue weighted by atomic mass is 10.1. The number of hydrogen-bond acceptors (Lipinski definition) is 6. The molecule has 0 saturated carbocycles. The molecule has 0 radical (unpaired) electrons. The number of nitrogens with zero attached hydrogens (tertiary/aromatic N) is 2. The number of rotatable bonds is 8. The minimum Gasteiger partial charge on any atom is -0.493 e. The zero-order chi connectivity index (χ0) is 26.4. The minimum absolute atomic E-state index is 0.00539. The molecule has 0 aromatic heterocycles. The Morgan fingerprint density at radius 1 is 1.11 bits per heavy atom. The summed E-state index contributed by atoms with van der Waals surface area (Å²) in [6, 6.07) is 18.0. The van der Waals surface area contributed by atoms with Crippen molar-refractivity contribution in [3.63, 3.8) is 0 Å². The average Bonchev–Trinajstić information content (AvgIpc) is 2.89. The van der Waals surface area contributed by atoms with E-state index in [1.54, 1.807) is 43.4 Å². The Hall–Kier alpha value is -3.56. The number of amides is 2. The lowest BCUT2D eigenvalue weighted by Crippen LogP contribution is -2.46. The average molecular weight is 542 g/mol. The molecule has 37 heavy (non-hydrogen) atoms. The van der Waals surface area contributed by atoms with Gasteiger partial charge in [0.05, 0.1) is 19.9 Å². The second-order valence-corrected chi connectivity index (χ2v) is 9.77. The van der Waals surface area contributed by atoms with Crippen LogP contribution in [0.2, 0.25) is 5.02 Å². The van der Waals surface area contributed by atoms with E-state index in [9.17, 15) is 14.0 Å². The largest absolute Gasteiger partial charge is 0.493 e. The number of carbonyl (C=O) groups excluding carboxylic acids is 2. The Morgan fingerprint density at radius 2 is 1.86 bits per heavy atom. The van der Waals surface area contributed by atoms with Gasteiger partial charge in [-0.3, -0.25) is 14.5 Å². The molecule has 1 N–H and O–H groups in total. The Kier molecular flexibility index (Phi) is 8.68. The number of amidine groups is 1. The number of thioether (sulfide) groups is 1. The SMILES string of the molecule is COc1ccc(CCN2C(=O)CC(C(=O)Nc3cccc(Cl)c3)SC2=Nc2ccc(F)cc2)cc1OC. The third-order valence-corrected chi connectivity index (χ3v) is 7.07. The molecule has 3 aromatic rings. The van der Waals surface area contributed by atoms with Crippen LogP contribution in [0.25, 0.3) is 0 Å². The van der Waals surface area contributed by atoms with Gasteiger partial charge in [0.1, 0.15) is 11.1 Å². The van der Waals surface area contributed by atoms with E-state index in [4.69, 9.17) is 21.1 Å². The summed E-state index contributed by atoms with van der Waals surface area (Å²) in [5.74, 6) is 0.263. The van der Waals surface area contributed by atoms with Crippen LogP contribution in [0, 0.1) is 5.82 Å². The molecule has 2 amide bonds. The van der Waals surface area contributed by atoms with E-state index in [0.717, 1.165) is 5.56 Å². The van der Waals surface area contributed by atoms with Crippen molar-refractivity contribution in [3.05, 3.63) is 83.1 Å². The van der Waals surface area contributed by atoms with Gasteiger partial charge in [-0.05, 0) is 66.6 Å². The summed E-state index contributed by atoms with van der Waals surface area (Å²) in [6.07, 6.45) is 0.528. The second kappa shape index (κ2) is 12.1. The molecule has 7 nitrogen and oxygen atoms in total. The fourth-order valence-electron chi connectivity index (χ4n) is 3.75. The van der Waals surface area contributed by atoms with E-state index >= 15 is 0 Å². The molecule has 1 aliphatic heterocycles. The first-order chi connectivity index (χ1) is 17.9. The molecule has 1 aliphatic rings. The number of anilines is 1. The van der Waals surface area contributed by atoms with E-state index in [0.29, 0.717) is 46.0 Å². The van der Waals surface area contributed by atoms with Gasteiger partial charge in [0.2, 0.25) is 11.8 Å². The summed E-state index contributed by atoms with van der Waals surface area (Å²) in [6.45, 7) is 0.337. The van der Waals surface area contributed by atoms with Crippen molar-refractivity contribution in [2.45, 2.75) is 18.1 Å². The highest BCUT2D eigenvalue weighted by Gasteiger charge is 2.36. The molecule has 1 saturated heterocycles. The van der Waals surface area contributed by atoms with Gasteiger partial charge in [-0.25, -0.2) is 9.38 Å². The minimum atomic E-state index is -0.692. The number of methoxy groups -OCH3 is 2. The quantitative estimate of drug-likeness (QED) is 0.396. The van der Waals surface area contributed by atoms with Crippen LogP contribution in [-0.2, 0) is 16.0 Å². The van der Waals surface area contributed by atoms with Crippen molar-refractivity contribution < 1.29 is 23.5 Å². The maximum Gasteiger partial charge on any atom is 0.238 e. The first-order valence-electron chi connectivity index (χ1n) is 11.4. The van der Waals surface area contributed by atoms with Gasteiger partial charge in [-0.2, -0.15) is 0 Å². The van der Waals surface area contributed by atoms with Gasteiger partial charge in [0.15, 0.2) is 16.7 Å². The lowest BCUT2D eigenvalue weighted by molar-refractivity contribution is -0.129. The molecule has 0 spiro atoms. The first kappa shape index (κ1) is 26.5. The molecular formula is C27H25ClFN3O4S. The van der Waals surface area contributed by atoms with Crippen LogP contribution < -0.4 is 14.8 Å². The van der Waals surface area contributed by atoms with Gasteiger partial charge in [0, 0.05) is 23.7 Å². The standard InChI is InChI=1S/C27H25ClFN3O4S/c1-35-22-11-6-17(14-23(22)36-2)12-13-32-25(33)16-24(26(34)30-21-5-3-4-18(28)15-21)37-27(32)31-20-9-7-19(29)8-10-20/h3-11,14-15,24H,12-13,16H2,1-2H3,(H,30,34). The van der Waals surface area contributed by atoms with E-state index in [1.165, 1.54) is 36.0 Å². The van der Waals surface area contributed by atoms with Crippen molar-refractivity contribution in [2.75, 3.05) is 26.1 Å². The van der Waals surface area contributed by atoms with Crippen molar-refractivity contribution in [1.29, 1.82) is 0 Å². The van der Waals surface area contributed by atoms with Gasteiger partial charge in [0.25, 0.3) is 0 Å². The predicted molar refractivity (Wildman–Crippen MR) is 145 cm³/mol. The normalized spacial score (nSPS) is 16.5. The predicted octanol–water partition coefficient (Wildman–Crippen LogP) is 5.70. The third-order valence-electron chi connectivity index (χ3n) is 5.65. The van der Waals surface area contributed by atoms with Crippen LogP contribution in [0.1, 0.15) is 12.0 Å². The summed E-state index contributed by atoms with van der Waals surface area (Å²) in [5.41, 5.74) is 1.96. The van der Waals surface area contributed by atoms with Crippen LogP contribution in [0.5, 0.6) is 11.5 Å². The van der Waals surface area contributed by atoms with Gasteiger partial charge < -0.3 is 14.8 Å². The maximum absolute atomic E-state index is 13.4. The summed E-state index contributed by atoms with van der Waals surface area (Å²) in [5, 5.41) is 2.98. The van der Waals surface area contributed by atoms with Crippen LogP contribution in [0.15, 0.2) is 71.7 Å². The van der Waals surface area contributed by atoms with Crippen LogP contribution in [0.3, 0.4) is 0 Å². The highest BCUT2D eigenvalue weighted by atomic mass is 35.5.